The molecule has 16 heavy (non-hydrogen) atoms. The summed E-state index contributed by atoms with van der Waals surface area (Å²) in [5.74, 6) is 1.77. The van der Waals surface area contributed by atoms with Crippen LogP contribution in [-0.2, 0) is 0 Å². The molecule has 1 N–H and O–H groups in total. The van der Waals surface area contributed by atoms with E-state index in [1.54, 1.807) is 14.2 Å². The molecule has 0 saturated heterocycles. The molecule has 0 radical (unpaired) electrons. The molecule has 0 bridgehead atoms. The maximum Gasteiger partial charge on any atom is 0.262 e. The van der Waals surface area contributed by atoms with Gasteiger partial charge in [-0.1, -0.05) is 0 Å². The molecule has 1 aromatic heterocycles. The van der Waals surface area contributed by atoms with E-state index in [1.165, 1.54) is 19.2 Å². The average Bonchev–Trinajstić information content (AvgIpc) is 2.81. The zero-order valence-electron chi connectivity index (χ0n) is 9.69. The summed E-state index contributed by atoms with van der Waals surface area (Å²) in [6.45, 7) is 0. The smallest absolute Gasteiger partial charge is 0.262 e. The van der Waals surface area contributed by atoms with Crippen LogP contribution in [0.5, 0.6) is 11.6 Å². The monoisotopic (exact) mass is 223 g/mol. The first-order chi connectivity index (χ1) is 7.85. The van der Waals surface area contributed by atoms with Gasteiger partial charge in [-0.2, -0.15) is 4.98 Å². The van der Waals surface area contributed by atoms with E-state index in [0.29, 0.717) is 17.4 Å². The van der Waals surface area contributed by atoms with Gasteiger partial charge in [0.05, 0.1) is 7.11 Å². The van der Waals surface area contributed by atoms with Crippen molar-refractivity contribution in [3.63, 3.8) is 0 Å². The van der Waals surface area contributed by atoms with Gasteiger partial charge in [-0.05, 0) is 25.7 Å². The van der Waals surface area contributed by atoms with E-state index < -0.39 is 0 Å². The summed E-state index contributed by atoms with van der Waals surface area (Å²) < 4.78 is 11.1. The maximum atomic E-state index is 5.82. The van der Waals surface area contributed by atoms with Crippen LogP contribution >= 0.6 is 0 Å². The standard InChI is InChI=1S/C11H17N3O2/c1-12-10-9(15-2)11(14-7-13-10)16-8-5-3-4-6-8/h7-8H,3-6H2,1-2H3,(H,12,13,14). The van der Waals surface area contributed by atoms with E-state index in [1.807, 2.05) is 0 Å². The second kappa shape index (κ2) is 5.01. The highest BCUT2D eigenvalue weighted by atomic mass is 16.5. The molecule has 0 aliphatic heterocycles. The number of rotatable bonds is 4. The lowest BCUT2D eigenvalue weighted by Crippen LogP contribution is -2.13. The molecule has 1 fully saturated rings. The number of hydrogen-bond acceptors (Lipinski definition) is 5. The minimum Gasteiger partial charge on any atom is -0.489 e. The molecule has 1 aliphatic carbocycles. The number of nitrogens with zero attached hydrogens (tertiary/aromatic N) is 2. The number of anilines is 1. The van der Waals surface area contributed by atoms with Crippen molar-refractivity contribution in [2.24, 2.45) is 0 Å². The summed E-state index contributed by atoms with van der Waals surface area (Å²) >= 11 is 0. The largest absolute Gasteiger partial charge is 0.489 e. The van der Waals surface area contributed by atoms with Gasteiger partial charge in [0.15, 0.2) is 5.82 Å². The Morgan fingerprint density at radius 2 is 2.06 bits per heavy atom. The van der Waals surface area contributed by atoms with Gasteiger partial charge >= 0.3 is 0 Å². The summed E-state index contributed by atoms with van der Waals surface area (Å²) in [7, 11) is 3.39. The highest BCUT2D eigenvalue weighted by Gasteiger charge is 2.20. The van der Waals surface area contributed by atoms with Crippen molar-refractivity contribution < 1.29 is 9.47 Å². The van der Waals surface area contributed by atoms with Gasteiger partial charge in [0.2, 0.25) is 5.75 Å². The molecular weight excluding hydrogens is 206 g/mol. The summed E-state index contributed by atoms with van der Waals surface area (Å²) in [6, 6.07) is 0. The fourth-order valence-electron chi connectivity index (χ4n) is 1.97. The van der Waals surface area contributed by atoms with Crippen molar-refractivity contribution in [1.82, 2.24) is 9.97 Å². The molecule has 0 atom stereocenters. The Hall–Kier alpha value is -1.52. The molecule has 88 valence electrons. The van der Waals surface area contributed by atoms with Crippen LogP contribution in [0.4, 0.5) is 5.82 Å². The molecule has 1 aromatic rings. The first kappa shape index (κ1) is 11.0. The molecule has 0 unspecified atom stereocenters. The van der Waals surface area contributed by atoms with E-state index in [0.717, 1.165) is 12.8 Å². The zero-order valence-corrected chi connectivity index (χ0v) is 9.69. The van der Waals surface area contributed by atoms with Gasteiger partial charge in [-0.25, -0.2) is 4.98 Å². The van der Waals surface area contributed by atoms with Crippen LogP contribution in [0.15, 0.2) is 6.33 Å². The van der Waals surface area contributed by atoms with Crippen molar-refractivity contribution in [2.75, 3.05) is 19.5 Å². The van der Waals surface area contributed by atoms with Crippen LogP contribution in [0.25, 0.3) is 0 Å². The Morgan fingerprint density at radius 3 is 2.69 bits per heavy atom. The normalized spacial score (nSPS) is 16.1. The number of aromatic nitrogens is 2. The van der Waals surface area contributed by atoms with Crippen LogP contribution in [-0.4, -0.2) is 30.2 Å². The Bertz CT molecular complexity index is 351. The molecule has 1 aliphatic rings. The fraction of sp³-hybridized carbons (Fsp3) is 0.636. The minimum absolute atomic E-state index is 0.272. The van der Waals surface area contributed by atoms with E-state index in [2.05, 4.69) is 15.3 Å². The predicted molar refractivity (Wildman–Crippen MR) is 61.0 cm³/mol. The van der Waals surface area contributed by atoms with Gasteiger partial charge in [-0.15, -0.1) is 0 Å². The van der Waals surface area contributed by atoms with Gasteiger partial charge < -0.3 is 14.8 Å². The third kappa shape index (κ3) is 2.18. The highest BCUT2D eigenvalue weighted by molar-refractivity contribution is 5.54. The summed E-state index contributed by atoms with van der Waals surface area (Å²) in [5.41, 5.74) is 0. The van der Waals surface area contributed by atoms with Gasteiger partial charge in [0.25, 0.3) is 5.88 Å². The van der Waals surface area contributed by atoms with E-state index >= 15 is 0 Å². The number of methoxy groups -OCH3 is 1. The zero-order chi connectivity index (χ0) is 11.4. The molecule has 1 saturated carbocycles. The topological polar surface area (TPSA) is 56.3 Å². The molecule has 2 rings (SSSR count). The fourth-order valence-corrected chi connectivity index (χ4v) is 1.97. The summed E-state index contributed by atoms with van der Waals surface area (Å²) in [5, 5.41) is 2.96. The molecule has 0 spiro atoms. The lowest BCUT2D eigenvalue weighted by molar-refractivity contribution is 0.191. The number of ether oxygens (including phenoxy) is 2. The Morgan fingerprint density at radius 1 is 1.31 bits per heavy atom. The second-order valence-electron chi connectivity index (χ2n) is 3.83. The van der Waals surface area contributed by atoms with Crippen molar-refractivity contribution in [3.8, 4) is 11.6 Å². The quantitative estimate of drug-likeness (QED) is 0.844. The lowest BCUT2D eigenvalue weighted by Gasteiger charge is -2.15. The predicted octanol–water partition coefficient (Wildman–Crippen LogP) is 1.85. The highest BCUT2D eigenvalue weighted by Crippen LogP contribution is 2.33. The maximum absolute atomic E-state index is 5.82. The van der Waals surface area contributed by atoms with Gasteiger partial charge in [-0.3, -0.25) is 0 Å². The second-order valence-corrected chi connectivity index (χ2v) is 3.83. The lowest BCUT2D eigenvalue weighted by atomic mass is 10.3. The molecule has 5 heteroatoms. The van der Waals surface area contributed by atoms with Crippen LogP contribution in [0.2, 0.25) is 0 Å². The van der Waals surface area contributed by atoms with Crippen molar-refractivity contribution in [3.05, 3.63) is 6.33 Å². The number of hydrogen-bond donors (Lipinski definition) is 1. The van der Waals surface area contributed by atoms with Crippen molar-refractivity contribution >= 4 is 5.82 Å². The van der Waals surface area contributed by atoms with Crippen LogP contribution in [0, 0.1) is 0 Å². The van der Waals surface area contributed by atoms with Crippen molar-refractivity contribution in [2.45, 2.75) is 31.8 Å². The molecule has 1 heterocycles. The first-order valence-electron chi connectivity index (χ1n) is 5.58. The van der Waals surface area contributed by atoms with E-state index in [9.17, 15) is 0 Å². The first-order valence-corrected chi connectivity index (χ1v) is 5.58. The Balaban J connectivity index is 2.18. The molecule has 0 aromatic carbocycles. The van der Waals surface area contributed by atoms with Crippen LogP contribution in [0.3, 0.4) is 0 Å². The van der Waals surface area contributed by atoms with E-state index in [-0.39, 0.29) is 6.10 Å². The Kier molecular flexibility index (Phi) is 3.44. The summed E-state index contributed by atoms with van der Waals surface area (Å²) in [6.07, 6.45) is 6.42. The molecular formula is C11H17N3O2. The van der Waals surface area contributed by atoms with Crippen LogP contribution < -0.4 is 14.8 Å². The Labute approximate surface area is 95.2 Å². The third-order valence-corrected chi connectivity index (χ3v) is 2.79. The SMILES string of the molecule is CNc1ncnc(OC2CCCC2)c1OC. The molecule has 0 amide bonds. The van der Waals surface area contributed by atoms with Gasteiger partial charge in [0.1, 0.15) is 12.4 Å². The van der Waals surface area contributed by atoms with Gasteiger partial charge in [0, 0.05) is 7.05 Å². The summed E-state index contributed by atoms with van der Waals surface area (Å²) in [4.78, 5) is 8.20. The molecule has 5 nitrogen and oxygen atoms in total. The van der Waals surface area contributed by atoms with E-state index in [4.69, 9.17) is 9.47 Å². The number of nitrogens with one attached hydrogen (secondary N) is 1. The average molecular weight is 223 g/mol. The third-order valence-electron chi connectivity index (χ3n) is 2.79. The van der Waals surface area contributed by atoms with Crippen molar-refractivity contribution in [1.29, 1.82) is 0 Å². The van der Waals surface area contributed by atoms with Crippen LogP contribution in [0.1, 0.15) is 25.7 Å². The minimum atomic E-state index is 0.272.